The molecule has 2 rings (SSSR count). The first-order valence-electron chi connectivity index (χ1n) is 6.44. The van der Waals surface area contributed by atoms with Crippen molar-refractivity contribution in [1.29, 1.82) is 0 Å². The second-order valence-electron chi connectivity index (χ2n) is 4.78. The molecule has 0 aromatic carbocycles. The van der Waals surface area contributed by atoms with Crippen LogP contribution in [-0.4, -0.2) is 40.6 Å². The summed E-state index contributed by atoms with van der Waals surface area (Å²) in [4.78, 5) is 20.3. The smallest absolute Gasteiger partial charge is 0.265 e. The molecule has 0 saturated heterocycles. The summed E-state index contributed by atoms with van der Waals surface area (Å²) in [5.74, 6) is -0.0246. The van der Waals surface area contributed by atoms with Crippen LogP contribution >= 0.6 is 22.7 Å². The molecule has 0 bridgehead atoms. The number of carbonyl (C=O) groups excluding carboxylic acids is 1. The normalized spacial score (nSPS) is 12.4. The fraction of sp³-hybridized carbons (Fsp3) is 0.429. The van der Waals surface area contributed by atoms with E-state index in [0.29, 0.717) is 17.8 Å². The number of hydrogen-bond acceptors (Lipinski definition) is 5. The van der Waals surface area contributed by atoms with Crippen molar-refractivity contribution in [3.05, 3.63) is 28.1 Å². The van der Waals surface area contributed by atoms with E-state index < -0.39 is 6.10 Å². The van der Waals surface area contributed by atoms with Gasteiger partial charge in [0.2, 0.25) is 0 Å². The molecule has 0 aliphatic carbocycles. The Hall–Kier alpha value is -1.24. The minimum Gasteiger partial charge on any atom is -0.393 e. The predicted octanol–water partition coefficient (Wildman–Crippen LogP) is 3.02. The lowest BCUT2D eigenvalue weighted by Crippen LogP contribution is -2.29. The predicted molar refractivity (Wildman–Crippen MR) is 83.4 cm³/mol. The zero-order chi connectivity index (χ0) is 14.7. The average Bonchev–Trinajstić information content (AvgIpc) is 3.03. The second kappa shape index (κ2) is 6.47. The monoisotopic (exact) mass is 310 g/mol. The maximum atomic E-state index is 12.4. The molecule has 2 aromatic heterocycles. The zero-order valence-electron chi connectivity index (χ0n) is 11.8. The van der Waals surface area contributed by atoms with Crippen molar-refractivity contribution in [2.24, 2.45) is 0 Å². The molecule has 20 heavy (non-hydrogen) atoms. The summed E-state index contributed by atoms with van der Waals surface area (Å²) in [5, 5.41) is 12.2. The third kappa shape index (κ3) is 3.45. The van der Waals surface area contributed by atoms with Gasteiger partial charge in [-0.1, -0.05) is 6.07 Å². The van der Waals surface area contributed by atoms with Gasteiger partial charge in [-0.3, -0.25) is 4.79 Å². The van der Waals surface area contributed by atoms with Gasteiger partial charge in [-0.25, -0.2) is 4.98 Å². The first-order chi connectivity index (χ1) is 9.49. The van der Waals surface area contributed by atoms with E-state index in [-0.39, 0.29) is 5.91 Å². The molecule has 1 unspecified atom stereocenters. The number of thiophene rings is 1. The fourth-order valence-corrected chi connectivity index (χ4v) is 3.61. The molecule has 0 aliphatic heterocycles. The lowest BCUT2D eigenvalue weighted by molar-refractivity contribution is 0.0773. The van der Waals surface area contributed by atoms with Gasteiger partial charge in [0.05, 0.1) is 16.7 Å². The highest BCUT2D eigenvalue weighted by molar-refractivity contribution is 7.22. The lowest BCUT2D eigenvalue weighted by Gasteiger charge is -2.17. The number of carbonyl (C=O) groups is 1. The maximum Gasteiger partial charge on any atom is 0.265 e. The minimum absolute atomic E-state index is 0.0246. The number of aryl methyl sites for hydroxylation is 1. The van der Waals surface area contributed by atoms with Gasteiger partial charge < -0.3 is 10.0 Å². The van der Waals surface area contributed by atoms with Gasteiger partial charge in [0.15, 0.2) is 0 Å². The van der Waals surface area contributed by atoms with Crippen LogP contribution in [0.25, 0.3) is 9.88 Å². The summed E-state index contributed by atoms with van der Waals surface area (Å²) in [6.07, 6.45) is 0.187. The van der Waals surface area contributed by atoms with Crippen molar-refractivity contribution in [3.8, 4) is 9.88 Å². The number of thiazole rings is 1. The van der Waals surface area contributed by atoms with Crippen molar-refractivity contribution >= 4 is 28.6 Å². The molecule has 0 radical (unpaired) electrons. The number of amides is 1. The van der Waals surface area contributed by atoms with E-state index in [2.05, 4.69) is 4.98 Å². The number of hydrogen-bond donors (Lipinski definition) is 1. The molecular formula is C14H18N2O2S2. The van der Waals surface area contributed by atoms with E-state index in [4.69, 9.17) is 0 Å². The van der Waals surface area contributed by atoms with E-state index in [1.54, 1.807) is 30.2 Å². The molecular weight excluding hydrogens is 292 g/mol. The average molecular weight is 310 g/mol. The molecule has 108 valence electrons. The molecule has 4 nitrogen and oxygen atoms in total. The Labute approximate surface area is 126 Å². The Bertz CT molecular complexity index is 576. The van der Waals surface area contributed by atoms with E-state index in [1.807, 2.05) is 24.4 Å². The number of aromatic nitrogens is 1. The summed E-state index contributed by atoms with van der Waals surface area (Å²) >= 11 is 3.06. The Balaban J connectivity index is 2.14. The van der Waals surface area contributed by atoms with Gasteiger partial charge >= 0.3 is 0 Å². The summed E-state index contributed by atoms with van der Waals surface area (Å²) in [5.41, 5.74) is 0.771. The number of aliphatic hydroxyl groups is 1. The molecule has 1 N–H and O–H groups in total. The highest BCUT2D eigenvalue weighted by atomic mass is 32.1. The van der Waals surface area contributed by atoms with E-state index in [9.17, 15) is 9.90 Å². The quantitative estimate of drug-likeness (QED) is 0.923. The first-order valence-corrected chi connectivity index (χ1v) is 8.13. The van der Waals surface area contributed by atoms with Gasteiger partial charge in [-0.2, -0.15) is 0 Å². The molecule has 2 heterocycles. The van der Waals surface area contributed by atoms with Gasteiger partial charge in [0.1, 0.15) is 9.88 Å². The maximum absolute atomic E-state index is 12.4. The third-order valence-corrected chi connectivity index (χ3v) is 5.14. The Morgan fingerprint density at radius 2 is 2.30 bits per heavy atom. The summed E-state index contributed by atoms with van der Waals surface area (Å²) < 4.78 is 0. The van der Waals surface area contributed by atoms with Crippen LogP contribution in [0.3, 0.4) is 0 Å². The number of rotatable bonds is 5. The standard InChI is InChI=1S/C14H18N2O2S2/c1-9(17)6-7-16(3)14(18)12-10(2)15-13(20-12)11-5-4-8-19-11/h4-5,8-9,17H,6-7H2,1-3H3. The van der Waals surface area contributed by atoms with Crippen molar-refractivity contribution in [3.63, 3.8) is 0 Å². The Morgan fingerprint density at radius 1 is 1.55 bits per heavy atom. The minimum atomic E-state index is -0.394. The molecule has 6 heteroatoms. The van der Waals surface area contributed by atoms with Gasteiger partial charge in [-0.05, 0) is 31.7 Å². The summed E-state index contributed by atoms with van der Waals surface area (Å²) in [6.45, 7) is 4.14. The fourth-order valence-electron chi connectivity index (χ4n) is 1.76. The van der Waals surface area contributed by atoms with Crippen molar-refractivity contribution in [2.75, 3.05) is 13.6 Å². The van der Waals surface area contributed by atoms with Gasteiger partial charge in [0, 0.05) is 13.6 Å². The first kappa shape index (κ1) is 15.2. The molecule has 1 amide bonds. The van der Waals surface area contributed by atoms with Crippen LogP contribution in [0.4, 0.5) is 0 Å². The molecule has 2 aromatic rings. The zero-order valence-corrected chi connectivity index (χ0v) is 13.4. The van der Waals surface area contributed by atoms with Gasteiger partial charge in [0.25, 0.3) is 5.91 Å². The summed E-state index contributed by atoms with van der Waals surface area (Å²) in [7, 11) is 1.76. The van der Waals surface area contributed by atoms with Crippen LogP contribution < -0.4 is 0 Å². The third-order valence-electron chi connectivity index (χ3n) is 2.95. The highest BCUT2D eigenvalue weighted by Gasteiger charge is 2.20. The molecule has 0 aliphatic rings. The van der Waals surface area contributed by atoms with Crippen molar-refractivity contribution in [2.45, 2.75) is 26.4 Å². The SMILES string of the molecule is Cc1nc(-c2cccs2)sc1C(=O)N(C)CCC(C)O. The van der Waals surface area contributed by atoms with Gasteiger partial charge in [-0.15, -0.1) is 22.7 Å². The van der Waals surface area contributed by atoms with Crippen LogP contribution in [0.5, 0.6) is 0 Å². The second-order valence-corrected chi connectivity index (χ2v) is 6.72. The van der Waals surface area contributed by atoms with Crippen molar-refractivity contribution < 1.29 is 9.90 Å². The van der Waals surface area contributed by atoms with Crippen LogP contribution in [0.1, 0.15) is 28.7 Å². The van der Waals surface area contributed by atoms with E-state index in [0.717, 1.165) is 15.6 Å². The highest BCUT2D eigenvalue weighted by Crippen LogP contribution is 2.31. The van der Waals surface area contributed by atoms with Crippen LogP contribution in [0, 0.1) is 6.92 Å². The largest absolute Gasteiger partial charge is 0.393 e. The van der Waals surface area contributed by atoms with E-state index in [1.165, 1.54) is 11.3 Å². The van der Waals surface area contributed by atoms with Crippen LogP contribution in [0.15, 0.2) is 17.5 Å². The van der Waals surface area contributed by atoms with Crippen LogP contribution in [-0.2, 0) is 0 Å². The lowest BCUT2D eigenvalue weighted by atomic mass is 10.2. The number of aliphatic hydroxyl groups excluding tert-OH is 1. The Morgan fingerprint density at radius 3 is 2.90 bits per heavy atom. The summed E-state index contributed by atoms with van der Waals surface area (Å²) in [6, 6.07) is 3.99. The van der Waals surface area contributed by atoms with E-state index >= 15 is 0 Å². The van der Waals surface area contributed by atoms with Crippen LogP contribution in [0.2, 0.25) is 0 Å². The molecule has 0 spiro atoms. The molecule has 1 atom stereocenters. The Kier molecular flexibility index (Phi) is 4.91. The van der Waals surface area contributed by atoms with Crippen molar-refractivity contribution in [1.82, 2.24) is 9.88 Å². The number of nitrogens with zero attached hydrogens (tertiary/aromatic N) is 2. The topological polar surface area (TPSA) is 53.4 Å². The molecule has 0 saturated carbocycles. The molecule has 0 fully saturated rings.